The zero-order valence-corrected chi connectivity index (χ0v) is 21.9. The van der Waals surface area contributed by atoms with Crippen LogP contribution in [0.2, 0.25) is 0 Å². The maximum atomic E-state index is 13.8. The van der Waals surface area contributed by atoms with E-state index in [1.807, 2.05) is 39.8 Å². The molecule has 0 spiro atoms. The number of ether oxygens (including phenoxy) is 3. The van der Waals surface area contributed by atoms with Gasteiger partial charge in [0, 0.05) is 7.11 Å². The first-order valence-electron chi connectivity index (χ1n) is 11.8. The number of amides is 1. The molecule has 1 aliphatic heterocycles. The molecule has 2 aromatic carbocycles. The van der Waals surface area contributed by atoms with Gasteiger partial charge < -0.3 is 14.2 Å². The van der Waals surface area contributed by atoms with Crippen molar-refractivity contribution in [2.45, 2.75) is 66.7 Å². The summed E-state index contributed by atoms with van der Waals surface area (Å²) in [5.41, 5.74) is 3.12. The molecule has 1 aliphatic rings. The lowest BCUT2D eigenvalue weighted by Crippen LogP contribution is -2.46. The van der Waals surface area contributed by atoms with E-state index in [1.54, 1.807) is 45.0 Å². The molecule has 1 amide bonds. The van der Waals surface area contributed by atoms with Crippen LogP contribution < -0.4 is 4.74 Å². The van der Waals surface area contributed by atoms with Gasteiger partial charge in [0.2, 0.25) is 0 Å². The molecule has 0 aliphatic carbocycles. The fourth-order valence-corrected chi connectivity index (χ4v) is 4.31. The molecule has 0 N–H and O–H groups in total. The predicted octanol–water partition coefficient (Wildman–Crippen LogP) is 5.51. The zero-order valence-electron chi connectivity index (χ0n) is 21.9. The SMILES string of the molecule is CCCOc1ccccc1C(=O)OC1=C(c2c(C)cc(C)cc2C)C(=O)N(OC(C)OC)C1(C)C. The number of para-hydroxylation sites is 1. The standard InChI is InChI=1S/C28H35NO6/c1-9-14-33-22-13-11-10-12-21(22)27(31)34-25-24(23-18(3)15-17(2)16-19(23)4)26(30)29(28(25,6)7)35-20(5)32-8/h10-13,15-16,20H,9,14H2,1-8H3. The molecule has 0 aromatic heterocycles. The normalized spacial score (nSPS) is 16.0. The van der Waals surface area contributed by atoms with E-state index in [2.05, 4.69) is 0 Å². The summed E-state index contributed by atoms with van der Waals surface area (Å²) in [5.74, 6) is -0.343. The van der Waals surface area contributed by atoms with Gasteiger partial charge in [-0.25, -0.2) is 14.7 Å². The monoisotopic (exact) mass is 481 g/mol. The van der Waals surface area contributed by atoms with Gasteiger partial charge in [-0.3, -0.25) is 4.79 Å². The van der Waals surface area contributed by atoms with Gasteiger partial charge in [0.15, 0.2) is 6.29 Å². The fraction of sp³-hybridized carbons (Fsp3) is 0.429. The van der Waals surface area contributed by atoms with Crippen LogP contribution in [0.25, 0.3) is 5.57 Å². The van der Waals surface area contributed by atoms with Gasteiger partial charge in [-0.2, -0.15) is 0 Å². The number of aryl methyl sites for hydroxylation is 3. The Hall–Kier alpha value is -3.16. The van der Waals surface area contributed by atoms with Crippen molar-refractivity contribution in [3.05, 3.63) is 70.0 Å². The summed E-state index contributed by atoms with van der Waals surface area (Å²) < 4.78 is 17.0. The molecule has 1 heterocycles. The zero-order chi connectivity index (χ0) is 25.9. The number of hydroxylamine groups is 2. The number of esters is 1. The first-order chi connectivity index (χ1) is 16.5. The highest BCUT2D eigenvalue weighted by molar-refractivity contribution is 6.23. The number of methoxy groups -OCH3 is 1. The Balaban J connectivity index is 2.15. The second kappa shape index (κ2) is 10.6. The Labute approximate surface area is 207 Å². The number of benzene rings is 2. The smallest absolute Gasteiger partial charge is 0.347 e. The summed E-state index contributed by atoms with van der Waals surface area (Å²) in [6.45, 7) is 13.6. The summed E-state index contributed by atoms with van der Waals surface area (Å²) in [6.07, 6.45) is 0.119. The number of rotatable bonds is 9. The third-order valence-corrected chi connectivity index (χ3v) is 5.97. The molecule has 0 saturated heterocycles. The number of hydrogen-bond acceptors (Lipinski definition) is 6. The molecule has 0 bridgehead atoms. The van der Waals surface area contributed by atoms with E-state index in [4.69, 9.17) is 19.0 Å². The van der Waals surface area contributed by atoms with Crippen LogP contribution in [0.5, 0.6) is 5.75 Å². The molecule has 7 heteroatoms. The van der Waals surface area contributed by atoms with Crippen molar-refractivity contribution in [1.82, 2.24) is 5.06 Å². The number of hydrogen-bond donors (Lipinski definition) is 0. The second-order valence-electron chi connectivity index (χ2n) is 9.28. The average molecular weight is 482 g/mol. The highest BCUT2D eigenvalue weighted by Crippen LogP contribution is 2.43. The van der Waals surface area contributed by atoms with E-state index in [0.29, 0.717) is 17.9 Å². The number of nitrogens with zero attached hydrogens (tertiary/aromatic N) is 1. The Kier molecular flexibility index (Phi) is 8.03. The minimum atomic E-state index is -1.09. The summed E-state index contributed by atoms with van der Waals surface area (Å²) in [4.78, 5) is 33.0. The van der Waals surface area contributed by atoms with Crippen molar-refractivity contribution in [1.29, 1.82) is 0 Å². The number of carbonyl (C=O) groups is 2. The molecule has 1 unspecified atom stereocenters. The minimum Gasteiger partial charge on any atom is -0.493 e. The second-order valence-corrected chi connectivity index (χ2v) is 9.28. The molecule has 0 saturated carbocycles. The van der Waals surface area contributed by atoms with E-state index >= 15 is 0 Å². The molecule has 7 nitrogen and oxygen atoms in total. The van der Waals surface area contributed by atoms with Gasteiger partial charge in [-0.05, 0) is 76.8 Å². The molecule has 1 atom stereocenters. The Morgan fingerprint density at radius 2 is 1.71 bits per heavy atom. The van der Waals surface area contributed by atoms with Crippen molar-refractivity contribution in [3.8, 4) is 5.75 Å². The van der Waals surface area contributed by atoms with Crippen molar-refractivity contribution in [2.75, 3.05) is 13.7 Å². The van der Waals surface area contributed by atoms with E-state index < -0.39 is 23.7 Å². The molecule has 188 valence electrons. The third-order valence-electron chi connectivity index (χ3n) is 5.97. The number of carbonyl (C=O) groups excluding carboxylic acids is 2. The molecule has 2 aromatic rings. The van der Waals surface area contributed by atoms with Gasteiger partial charge >= 0.3 is 5.97 Å². The Bertz CT molecular complexity index is 1130. The van der Waals surface area contributed by atoms with Crippen molar-refractivity contribution >= 4 is 17.4 Å². The van der Waals surface area contributed by atoms with Gasteiger partial charge in [0.1, 0.15) is 22.6 Å². The summed E-state index contributed by atoms with van der Waals surface area (Å²) >= 11 is 0. The van der Waals surface area contributed by atoms with E-state index in [9.17, 15) is 9.59 Å². The lowest BCUT2D eigenvalue weighted by molar-refractivity contribution is -0.276. The van der Waals surface area contributed by atoms with E-state index in [0.717, 1.165) is 28.7 Å². The summed E-state index contributed by atoms with van der Waals surface area (Å²) in [7, 11) is 1.50. The van der Waals surface area contributed by atoms with Gasteiger partial charge in [-0.1, -0.05) is 36.8 Å². The summed E-state index contributed by atoms with van der Waals surface area (Å²) in [6, 6.07) is 10.9. The van der Waals surface area contributed by atoms with Crippen molar-refractivity contribution in [2.24, 2.45) is 0 Å². The first kappa shape index (κ1) is 26.4. The van der Waals surface area contributed by atoms with Crippen LogP contribution in [0, 0.1) is 20.8 Å². The van der Waals surface area contributed by atoms with Gasteiger partial charge in [0.25, 0.3) is 5.91 Å². The van der Waals surface area contributed by atoms with Crippen LogP contribution in [0.3, 0.4) is 0 Å². The van der Waals surface area contributed by atoms with Crippen LogP contribution in [-0.2, 0) is 19.1 Å². The molecule has 3 rings (SSSR count). The lowest BCUT2D eigenvalue weighted by Gasteiger charge is -2.33. The lowest BCUT2D eigenvalue weighted by atomic mass is 9.91. The highest BCUT2D eigenvalue weighted by atomic mass is 16.8. The van der Waals surface area contributed by atoms with Crippen LogP contribution in [-0.4, -0.2) is 42.5 Å². The molecule has 35 heavy (non-hydrogen) atoms. The quantitative estimate of drug-likeness (QED) is 0.347. The maximum absolute atomic E-state index is 13.8. The summed E-state index contributed by atoms with van der Waals surface area (Å²) in [5, 5.41) is 1.23. The largest absolute Gasteiger partial charge is 0.493 e. The predicted molar refractivity (Wildman–Crippen MR) is 134 cm³/mol. The van der Waals surface area contributed by atoms with Crippen LogP contribution >= 0.6 is 0 Å². The van der Waals surface area contributed by atoms with E-state index in [-0.39, 0.29) is 11.3 Å². The molecule has 0 fully saturated rings. The highest BCUT2D eigenvalue weighted by Gasteiger charge is 2.51. The Morgan fingerprint density at radius 3 is 2.31 bits per heavy atom. The third kappa shape index (κ3) is 5.26. The average Bonchev–Trinajstić information content (AvgIpc) is 2.97. The van der Waals surface area contributed by atoms with Gasteiger partial charge in [0.05, 0.1) is 12.2 Å². The molecular formula is C28H35NO6. The van der Waals surface area contributed by atoms with Crippen LogP contribution in [0.4, 0.5) is 0 Å². The maximum Gasteiger partial charge on any atom is 0.347 e. The van der Waals surface area contributed by atoms with Crippen LogP contribution in [0.15, 0.2) is 42.2 Å². The topological polar surface area (TPSA) is 74.3 Å². The molecule has 0 radical (unpaired) electrons. The van der Waals surface area contributed by atoms with Gasteiger partial charge in [-0.15, -0.1) is 0 Å². The van der Waals surface area contributed by atoms with Crippen molar-refractivity contribution < 1.29 is 28.6 Å². The minimum absolute atomic E-state index is 0.219. The molecular weight excluding hydrogens is 446 g/mol. The Morgan fingerprint density at radius 1 is 1.09 bits per heavy atom. The van der Waals surface area contributed by atoms with Crippen LogP contribution in [0.1, 0.15) is 66.7 Å². The first-order valence-corrected chi connectivity index (χ1v) is 11.8. The fourth-order valence-electron chi connectivity index (χ4n) is 4.31. The van der Waals surface area contributed by atoms with Crippen molar-refractivity contribution in [3.63, 3.8) is 0 Å². The van der Waals surface area contributed by atoms with E-state index in [1.165, 1.54) is 12.2 Å².